The lowest BCUT2D eigenvalue weighted by atomic mass is 9.80. The molecule has 1 aliphatic heterocycles. The molecule has 0 aromatic carbocycles. The van der Waals surface area contributed by atoms with Crippen LogP contribution in [0.25, 0.3) is 0 Å². The first kappa shape index (κ1) is 13.5. The Balaban J connectivity index is 1.74. The summed E-state index contributed by atoms with van der Waals surface area (Å²) in [7, 11) is 0. The van der Waals surface area contributed by atoms with Gasteiger partial charge in [-0.15, -0.1) is 11.3 Å². The van der Waals surface area contributed by atoms with E-state index in [1.54, 1.807) is 11.3 Å². The Hall–Kier alpha value is -0.450. The minimum Gasteiger partial charge on any atom is -0.375 e. The highest BCUT2D eigenvalue weighted by molar-refractivity contribution is 7.07. The van der Waals surface area contributed by atoms with E-state index in [0.717, 1.165) is 19.6 Å². The highest BCUT2D eigenvalue weighted by atomic mass is 32.1. The van der Waals surface area contributed by atoms with Crippen molar-refractivity contribution in [2.75, 3.05) is 13.2 Å². The molecule has 0 bridgehead atoms. The Morgan fingerprint density at radius 1 is 1.53 bits per heavy atom. The number of ether oxygens (including phenoxy) is 1. The van der Waals surface area contributed by atoms with Gasteiger partial charge in [0.15, 0.2) is 0 Å². The third kappa shape index (κ3) is 2.86. The molecule has 2 atom stereocenters. The molecule has 106 valence electrons. The Morgan fingerprint density at radius 3 is 3.05 bits per heavy atom. The van der Waals surface area contributed by atoms with Gasteiger partial charge in [-0.05, 0) is 38.1 Å². The van der Waals surface area contributed by atoms with Crippen LogP contribution in [0.3, 0.4) is 0 Å². The van der Waals surface area contributed by atoms with Crippen molar-refractivity contribution < 1.29 is 4.74 Å². The molecule has 1 saturated heterocycles. The lowest BCUT2D eigenvalue weighted by Crippen LogP contribution is -2.42. The first-order chi connectivity index (χ1) is 9.33. The van der Waals surface area contributed by atoms with Crippen LogP contribution in [0.5, 0.6) is 0 Å². The number of hydrogen-bond donors (Lipinski definition) is 1. The molecular weight excluding hydrogens is 256 g/mol. The first-order valence-electron chi connectivity index (χ1n) is 7.58. The number of nitrogens with zero attached hydrogens (tertiary/aromatic N) is 1. The van der Waals surface area contributed by atoms with Gasteiger partial charge in [0.05, 0.1) is 22.8 Å². The molecular formula is C15H24N2OS. The maximum absolute atomic E-state index is 6.16. The zero-order chi connectivity index (χ0) is 13.1. The second-order valence-electron chi connectivity index (χ2n) is 5.94. The number of thiazole rings is 1. The molecule has 3 nitrogen and oxygen atoms in total. The van der Waals surface area contributed by atoms with Gasteiger partial charge in [-0.2, -0.15) is 0 Å². The molecule has 3 rings (SSSR count). The summed E-state index contributed by atoms with van der Waals surface area (Å²) in [6.45, 7) is 4.12. The zero-order valence-electron chi connectivity index (χ0n) is 11.7. The Labute approximate surface area is 119 Å². The van der Waals surface area contributed by atoms with E-state index in [2.05, 4.69) is 22.6 Å². The predicted molar refractivity (Wildman–Crippen MR) is 78.4 cm³/mol. The molecule has 4 heteroatoms. The maximum Gasteiger partial charge on any atom is 0.0795 e. The van der Waals surface area contributed by atoms with Gasteiger partial charge in [0.25, 0.3) is 0 Å². The molecule has 1 saturated carbocycles. The van der Waals surface area contributed by atoms with Gasteiger partial charge in [0, 0.05) is 12.0 Å². The van der Waals surface area contributed by atoms with Gasteiger partial charge in [-0.3, -0.25) is 0 Å². The van der Waals surface area contributed by atoms with Crippen LogP contribution < -0.4 is 5.32 Å². The fourth-order valence-corrected chi connectivity index (χ4v) is 4.42. The monoisotopic (exact) mass is 280 g/mol. The molecule has 2 aliphatic rings. The predicted octanol–water partition coefficient (Wildman–Crippen LogP) is 3.53. The molecule has 0 radical (unpaired) electrons. The summed E-state index contributed by atoms with van der Waals surface area (Å²) in [6, 6.07) is 0.414. The van der Waals surface area contributed by atoms with Gasteiger partial charge < -0.3 is 10.1 Å². The summed E-state index contributed by atoms with van der Waals surface area (Å²) in [5.41, 5.74) is 3.38. The lowest BCUT2D eigenvalue weighted by molar-refractivity contribution is -0.0983. The van der Waals surface area contributed by atoms with Crippen LogP contribution >= 0.6 is 11.3 Å². The molecule has 1 aromatic heterocycles. The highest BCUT2D eigenvalue weighted by Gasteiger charge is 2.42. The van der Waals surface area contributed by atoms with Crippen molar-refractivity contribution >= 4 is 11.3 Å². The van der Waals surface area contributed by atoms with Gasteiger partial charge in [0.2, 0.25) is 0 Å². The summed E-state index contributed by atoms with van der Waals surface area (Å²) in [6.07, 6.45) is 7.59. The van der Waals surface area contributed by atoms with Crippen molar-refractivity contribution in [2.45, 2.75) is 57.1 Å². The number of nitrogens with one attached hydrogen (secondary N) is 1. The largest absolute Gasteiger partial charge is 0.375 e. The number of hydrogen-bond acceptors (Lipinski definition) is 4. The summed E-state index contributed by atoms with van der Waals surface area (Å²) < 4.78 is 6.16. The summed E-state index contributed by atoms with van der Waals surface area (Å²) in [4.78, 5) is 4.54. The molecule has 2 fully saturated rings. The van der Waals surface area contributed by atoms with Crippen LogP contribution in [-0.4, -0.2) is 23.7 Å². The fourth-order valence-electron chi connectivity index (χ4n) is 3.83. The molecule has 1 spiro atoms. The molecule has 1 aliphatic carbocycles. The third-order valence-electron chi connectivity index (χ3n) is 4.71. The van der Waals surface area contributed by atoms with E-state index in [0.29, 0.717) is 12.0 Å². The van der Waals surface area contributed by atoms with E-state index in [9.17, 15) is 0 Å². The van der Waals surface area contributed by atoms with E-state index in [4.69, 9.17) is 4.74 Å². The van der Waals surface area contributed by atoms with Gasteiger partial charge >= 0.3 is 0 Å². The highest BCUT2D eigenvalue weighted by Crippen LogP contribution is 2.45. The molecule has 0 amide bonds. The molecule has 1 aromatic rings. The minimum atomic E-state index is 0.201. The van der Waals surface area contributed by atoms with Crippen molar-refractivity contribution in [2.24, 2.45) is 5.92 Å². The van der Waals surface area contributed by atoms with Crippen LogP contribution in [0.2, 0.25) is 0 Å². The van der Waals surface area contributed by atoms with E-state index in [1.807, 2.05) is 5.51 Å². The summed E-state index contributed by atoms with van der Waals surface area (Å²) in [5.74, 6) is 0.675. The van der Waals surface area contributed by atoms with Crippen molar-refractivity contribution in [3.05, 3.63) is 16.6 Å². The first-order valence-corrected chi connectivity index (χ1v) is 8.53. The quantitative estimate of drug-likeness (QED) is 0.916. The lowest BCUT2D eigenvalue weighted by Gasteiger charge is -2.41. The zero-order valence-corrected chi connectivity index (χ0v) is 12.5. The second-order valence-corrected chi connectivity index (χ2v) is 6.66. The average Bonchev–Trinajstić information content (AvgIpc) is 3.08. The molecule has 2 unspecified atom stereocenters. The van der Waals surface area contributed by atoms with Crippen LogP contribution in [0, 0.1) is 5.92 Å². The molecule has 1 N–H and O–H groups in total. The minimum absolute atomic E-state index is 0.201. The maximum atomic E-state index is 6.16. The topological polar surface area (TPSA) is 34.2 Å². The fraction of sp³-hybridized carbons (Fsp3) is 0.800. The summed E-state index contributed by atoms with van der Waals surface area (Å²) >= 11 is 1.70. The number of aromatic nitrogens is 1. The van der Waals surface area contributed by atoms with Gasteiger partial charge in [-0.1, -0.05) is 19.8 Å². The average molecular weight is 280 g/mol. The van der Waals surface area contributed by atoms with Crippen LogP contribution in [0.4, 0.5) is 0 Å². The standard InChI is InChI=1S/C15H24N2OS/c1-2-16-14(13-10-19-11-17-13)12-5-8-18-15(9-12)6-3-4-7-15/h10-12,14,16H,2-9H2,1H3. The van der Waals surface area contributed by atoms with Crippen molar-refractivity contribution in [3.8, 4) is 0 Å². The van der Waals surface area contributed by atoms with E-state index in [-0.39, 0.29) is 5.60 Å². The third-order valence-corrected chi connectivity index (χ3v) is 5.32. The van der Waals surface area contributed by atoms with Crippen molar-refractivity contribution in [1.82, 2.24) is 10.3 Å². The van der Waals surface area contributed by atoms with E-state index in [1.165, 1.54) is 37.8 Å². The van der Waals surface area contributed by atoms with Crippen molar-refractivity contribution in [1.29, 1.82) is 0 Å². The van der Waals surface area contributed by atoms with E-state index >= 15 is 0 Å². The normalized spacial score (nSPS) is 27.7. The number of rotatable bonds is 4. The SMILES string of the molecule is CCNC(c1cscn1)C1CCOC2(CCCC2)C1. The van der Waals surface area contributed by atoms with Crippen molar-refractivity contribution in [3.63, 3.8) is 0 Å². The Kier molecular flexibility index (Phi) is 4.20. The van der Waals surface area contributed by atoms with Crippen LogP contribution in [-0.2, 0) is 4.74 Å². The Morgan fingerprint density at radius 2 is 2.37 bits per heavy atom. The van der Waals surface area contributed by atoms with E-state index < -0.39 is 0 Å². The van der Waals surface area contributed by atoms with Crippen LogP contribution in [0.15, 0.2) is 10.9 Å². The molecule has 2 heterocycles. The second kappa shape index (κ2) is 5.90. The van der Waals surface area contributed by atoms with Gasteiger partial charge in [-0.25, -0.2) is 4.98 Å². The van der Waals surface area contributed by atoms with Gasteiger partial charge in [0.1, 0.15) is 0 Å². The Bertz CT molecular complexity index is 387. The smallest absolute Gasteiger partial charge is 0.0795 e. The molecule has 19 heavy (non-hydrogen) atoms. The summed E-state index contributed by atoms with van der Waals surface area (Å²) in [5, 5.41) is 5.85. The van der Waals surface area contributed by atoms with Crippen LogP contribution in [0.1, 0.15) is 57.2 Å².